The number of rotatable bonds is 7. The van der Waals surface area contributed by atoms with E-state index < -0.39 is 0 Å². The minimum absolute atomic E-state index is 0.0208. The summed E-state index contributed by atoms with van der Waals surface area (Å²) in [5.41, 5.74) is 0.858. The predicted molar refractivity (Wildman–Crippen MR) is 93.5 cm³/mol. The van der Waals surface area contributed by atoms with Gasteiger partial charge in [0, 0.05) is 16.6 Å². The van der Waals surface area contributed by atoms with Crippen LogP contribution in [0.2, 0.25) is 0 Å². The third kappa shape index (κ3) is 5.26. The highest BCUT2D eigenvalue weighted by atomic mass is 79.9. The molecule has 0 aliphatic rings. The number of carbonyl (C=O) groups excluding carboxylic acids is 1. The van der Waals surface area contributed by atoms with Crippen molar-refractivity contribution in [3.05, 3.63) is 33.6 Å². The molecule has 23 heavy (non-hydrogen) atoms. The molecule has 0 aliphatic heterocycles. The van der Waals surface area contributed by atoms with E-state index in [0.717, 1.165) is 21.4 Å². The fourth-order valence-corrected chi connectivity index (χ4v) is 2.48. The summed E-state index contributed by atoms with van der Waals surface area (Å²) in [5, 5.41) is 7.25. The number of hydrogen-bond donors (Lipinski definition) is 2. The van der Waals surface area contributed by atoms with Crippen LogP contribution in [0.4, 0.5) is 0 Å². The van der Waals surface area contributed by atoms with Gasteiger partial charge in [-0.2, -0.15) is 4.68 Å². The van der Waals surface area contributed by atoms with Crippen molar-refractivity contribution in [1.82, 2.24) is 15.1 Å². The van der Waals surface area contributed by atoms with Gasteiger partial charge in [-0.1, -0.05) is 22.9 Å². The second-order valence-corrected chi connectivity index (χ2v) is 6.59. The maximum atomic E-state index is 11.7. The molecular formula is C15H20BrN4O2S+. The van der Waals surface area contributed by atoms with Crippen LogP contribution >= 0.6 is 28.1 Å². The van der Waals surface area contributed by atoms with Crippen LogP contribution in [0.5, 0.6) is 0 Å². The van der Waals surface area contributed by atoms with E-state index in [1.165, 1.54) is 0 Å². The molecule has 2 N–H and O–H groups in total. The lowest BCUT2D eigenvalue weighted by Gasteiger charge is -2.12. The van der Waals surface area contributed by atoms with Crippen LogP contribution in [0.1, 0.15) is 13.3 Å². The molecule has 1 unspecified atom stereocenters. The Hall–Kier alpha value is -1.51. The molecule has 1 amide bonds. The Kier molecular flexibility index (Phi) is 6.49. The van der Waals surface area contributed by atoms with Crippen molar-refractivity contribution < 1.29 is 14.1 Å². The Labute approximate surface area is 148 Å². The number of nitrogens with one attached hydrogen (secondary N) is 2. The van der Waals surface area contributed by atoms with Gasteiger partial charge in [-0.05, 0) is 42.9 Å². The van der Waals surface area contributed by atoms with Gasteiger partial charge in [-0.25, -0.2) is 0 Å². The molecule has 2 rings (SSSR count). The fraction of sp³-hybridized carbons (Fsp3) is 0.400. The maximum Gasteiger partial charge on any atom is 0.292 e. The first-order valence-corrected chi connectivity index (χ1v) is 8.61. The molecule has 1 aromatic heterocycles. The first-order valence-electron chi connectivity index (χ1n) is 7.41. The molecule has 1 atom stereocenters. The number of halogens is 1. The molecule has 1 aromatic carbocycles. The van der Waals surface area contributed by atoms with E-state index in [4.69, 9.17) is 16.6 Å². The van der Waals surface area contributed by atoms with Crippen molar-refractivity contribution >= 4 is 34.1 Å². The van der Waals surface area contributed by atoms with Crippen molar-refractivity contribution in [3.63, 3.8) is 0 Å². The molecule has 0 spiro atoms. The molecule has 6 nitrogen and oxygen atoms in total. The van der Waals surface area contributed by atoms with Crippen molar-refractivity contribution in [2.75, 3.05) is 20.1 Å². The average molecular weight is 400 g/mol. The van der Waals surface area contributed by atoms with Crippen LogP contribution in [-0.2, 0) is 11.5 Å². The van der Waals surface area contributed by atoms with Gasteiger partial charge in [0.25, 0.3) is 10.7 Å². The number of quaternary nitrogens is 1. The zero-order valence-corrected chi connectivity index (χ0v) is 15.5. The number of carbonyl (C=O) groups is 1. The molecule has 8 heteroatoms. The van der Waals surface area contributed by atoms with Gasteiger partial charge in [0.05, 0.1) is 7.05 Å². The van der Waals surface area contributed by atoms with E-state index in [1.54, 1.807) is 4.68 Å². The van der Waals surface area contributed by atoms with Crippen molar-refractivity contribution in [3.8, 4) is 11.5 Å². The number of likely N-dealkylation sites (N-methyl/N-ethyl adjacent to an activating group) is 1. The van der Waals surface area contributed by atoms with Crippen LogP contribution in [0.25, 0.3) is 11.5 Å². The van der Waals surface area contributed by atoms with Crippen LogP contribution in [0, 0.1) is 4.84 Å². The van der Waals surface area contributed by atoms with E-state index >= 15 is 0 Å². The molecule has 0 bridgehead atoms. The maximum absolute atomic E-state index is 11.7. The Morgan fingerprint density at radius 1 is 1.43 bits per heavy atom. The number of hydrogen-bond acceptors (Lipinski definition) is 4. The van der Waals surface area contributed by atoms with Crippen molar-refractivity contribution in [2.24, 2.45) is 0 Å². The first-order chi connectivity index (χ1) is 11.0. The summed E-state index contributed by atoms with van der Waals surface area (Å²) in [6, 6.07) is 7.65. The molecule has 124 valence electrons. The summed E-state index contributed by atoms with van der Waals surface area (Å²) in [4.78, 5) is 13.0. The van der Waals surface area contributed by atoms with Crippen molar-refractivity contribution in [1.29, 1.82) is 0 Å². The number of nitrogens with zero attached hydrogens (tertiary/aromatic N) is 2. The number of amides is 1. The van der Waals surface area contributed by atoms with Gasteiger partial charge in [0.15, 0.2) is 13.2 Å². The molecule has 0 saturated carbocycles. The summed E-state index contributed by atoms with van der Waals surface area (Å²) >= 11 is 8.60. The van der Waals surface area contributed by atoms with Gasteiger partial charge in [-0.15, -0.1) is 5.10 Å². The topological polar surface area (TPSA) is 64.5 Å². The largest absolute Gasteiger partial charge is 0.409 e. The minimum Gasteiger partial charge on any atom is -0.409 e. The van der Waals surface area contributed by atoms with E-state index in [-0.39, 0.29) is 5.91 Å². The highest BCUT2D eigenvalue weighted by Gasteiger charge is 2.14. The lowest BCUT2D eigenvalue weighted by atomic mass is 10.2. The monoisotopic (exact) mass is 399 g/mol. The Balaban J connectivity index is 2.02. The van der Waals surface area contributed by atoms with Gasteiger partial charge in [0.1, 0.15) is 0 Å². The standard InChI is InChI=1S/C15H19BrN4O2S/c1-3-8-17-13(21)9-19(2)10-20-15(23)22-14(18-20)11-4-6-12(16)7-5-11/h4-7H,3,8-10H2,1-2H3,(H,17,21)/p+1. The summed E-state index contributed by atoms with van der Waals surface area (Å²) in [6.07, 6.45) is 0.926. The zero-order chi connectivity index (χ0) is 16.8. The molecule has 0 saturated heterocycles. The molecule has 2 aromatic rings. The van der Waals surface area contributed by atoms with Gasteiger partial charge >= 0.3 is 0 Å². The Morgan fingerprint density at radius 2 is 2.13 bits per heavy atom. The number of aromatic nitrogens is 2. The molecule has 1 heterocycles. The van der Waals surface area contributed by atoms with E-state index in [2.05, 4.69) is 26.3 Å². The minimum atomic E-state index is 0.0208. The van der Waals surface area contributed by atoms with E-state index in [1.807, 2.05) is 38.2 Å². The molecule has 0 fully saturated rings. The normalized spacial score (nSPS) is 12.1. The lowest BCUT2D eigenvalue weighted by molar-refractivity contribution is -0.895. The van der Waals surface area contributed by atoms with Crippen LogP contribution in [0.15, 0.2) is 33.2 Å². The summed E-state index contributed by atoms with van der Waals surface area (Å²) in [5.74, 6) is 0.498. The third-order valence-electron chi connectivity index (χ3n) is 3.15. The van der Waals surface area contributed by atoms with Crippen LogP contribution < -0.4 is 10.2 Å². The first kappa shape index (κ1) is 17.8. The molecular weight excluding hydrogens is 380 g/mol. The predicted octanol–water partition coefficient (Wildman–Crippen LogP) is 1.63. The Morgan fingerprint density at radius 3 is 2.78 bits per heavy atom. The van der Waals surface area contributed by atoms with Gasteiger partial charge in [0.2, 0.25) is 5.89 Å². The average Bonchev–Trinajstić information content (AvgIpc) is 2.86. The van der Waals surface area contributed by atoms with Gasteiger partial charge in [-0.3, -0.25) is 4.79 Å². The molecule has 0 aliphatic carbocycles. The van der Waals surface area contributed by atoms with Crippen molar-refractivity contribution in [2.45, 2.75) is 20.0 Å². The van der Waals surface area contributed by atoms with E-state index in [0.29, 0.717) is 30.5 Å². The number of benzene rings is 1. The smallest absolute Gasteiger partial charge is 0.292 e. The second kappa shape index (κ2) is 8.37. The van der Waals surface area contributed by atoms with Crippen LogP contribution in [0.3, 0.4) is 0 Å². The summed E-state index contributed by atoms with van der Waals surface area (Å²) < 4.78 is 8.14. The van der Waals surface area contributed by atoms with E-state index in [9.17, 15) is 4.79 Å². The second-order valence-electron chi connectivity index (χ2n) is 5.32. The third-order valence-corrected chi connectivity index (χ3v) is 3.97. The lowest BCUT2D eigenvalue weighted by Crippen LogP contribution is -3.09. The van der Waals surface area contributed by atoms with Crippen LogP contribution in [-0.4, -0.2) is 35.8 Å². The SMILES string of the molecule is CCCNC(=O)C[NH+](C)Cn1nc(-c2ccc(Br)cc2)oc1=S. The summed E-state index contributed by atoms with van der Waals surface area (Å²) in [6.45, 7) is 3.55. The highest BCUT2D eigenvalue weighted by Crippen LogP contribution is 2.20. The summed E-state index contributed by atoms with van der Waals surface area (Å²) in [7, 11) is 1.92. The highest BCUT2D eigenvalue weighted by molar-refractivity contribution is 9.10. The fourth-order valence-electron chi connectivity index (χ4n) is 2.03. The zero-order valence-electron chi connectivity index (χ0n) is 13.1. The Bertz CT molecular complexity index is 711. The quantitative estimate of drug-likeness (QED) is 0.694. The molecule has 0 radical (unpaired) electrons. The van der Waals surface area contributed by atoms with Gasteiger partial charge < -0.3 is 14.6 Å².